The Kier molecular flexibility index (Phi) is 1.83. The Balaban J connectivity index is 1.97. The number of carbonyl (C=O) groups is 2. The van der Waals surface area contributed by atoms with Crippen molar-refractivity contribution < 1.29 is 14.3 Å². The molecule has 1 amide bonds. The van der Waals surface area contributed by atoms with Gasteiger partial charge in [0.15, 0.2) is 6.73 Å². The number of likely N-dealkylation sites (tertiary alicyclic amines) is 1. The molecule has 2 bridgehead atoms. The lowest BCUT2D eigenvalue weighted by Gasteiger charge is -2.22. The number of hydrogen-bond donors (Lipinski definition) is 0. The predicted molar refractivity (Wildman–Crippen MR) is 44.5 cm³/mol. The van der Waals surface area contributed by atoms with Gasteiger partial charge in [0.2, 0.25) is 5.91 Å². The number of hydrogen-bond acceptors (Lipinski definition) is 3. The van der Waals surface area contributed by atoms with Crippen LogP contribution in [0.2, 0.25) is 0 Å². The summed E-state index contributed by atoms with van der Waals surface area (Å²) in [5.74, 6) is -0.242. The van der Waals surface area contributed by atoms with E-state index in [-0.39, 0.29) is 30.6 Å². The molecule has 0 aromatic heterocycles. The summed E-state index contributed by atoms with van der Waals surface area (Å²) in [5.41, 5.74) is 0. The van der Waals surface area contributed by atoms with E-state index in [1.165, 1.54) is 6.92 Å². The summed E-state index contributed by atoms with van der Waals surface area (Å²) < 4.78 is 4.78. The molecule has 0 aromatic carbocycles. The van der Waals surface area contributed by atoms with Gasteiger partial charge in [0.25, 0.3) is 0 Å². The van der Waals surface area contributed by atoms with Gasteiger partial charge >= 0.3 is 5.97 Å². The van der Waals surface area contributed by atoms with Gasteiger partial charge in [-0.2, -0.15) is 0 Å². The van der Waals surface area contributed by atoms with Gasteiger partial charge in [-0.1, -0.05) is 12.2 Å². The molecule has 1 saturated heterocycles. The van der Waals surface area contributed by atoms with Crippen LogP contribution in [0.1, 0.15) is 13.3 Å². The van der Waals surface area contributed by atoms with Crippen molar-refractivity contribution in [3.05, 3.63) is 12.2 Å². The molecule has 4 nitrogen and oxygen atoms in total. The van der Waals surface area contributed by atoms with Gasteiger partial charge in [-0.15, -0.1) is 0 Å². The molecule has 0 radical (unpaired) electrons. The van der Waals surface area contributed by atoms with E-state index in [0.29, 0.717) is 0 Å². The highest BCUT2D eigenvalue weighted by Gasteiger charge is 2.41. The molecule has 0 N–H and O–H groups in total. The van der Waals surface area contributed by atoms with Crippen molar-refractivity contribution in [1.82, 2.24) is 4.90 Å². The molecule has 70 valence electrons. The van der Waals surface area contributed by atoms with Gasteiger partial charge in [0, 0.05) is 6.92 Å². The van der Waals surface area contributed by atoms with Crippen LogP contribution >= 0.6 is 0 Å². The van der Waals surface area contributed by atoms with Crippen molar-refractivity contribution in [1.29, 1.82) is 0 Å². The van der Waals surface area contributed by atoms with Crippen LogP contribution in [-0.4, -0.2) is 29.5 Å². The van der Waals surface area contributed by atoms with Crippen LogP contribution in [0.4, 0.5) is 0 Å². The molecule has 1 aliphatic heterocycles. The average molecular weight is 181 g/mol. The fourth-order valence-electron chi connectivity index (χ4n) is 1.79. The molecular weight excluding hydrogens is 170 g/mol. The van der Waals surface area contributed by atoms with Crippen molar-refractivity contribution >= 4 is 11.9 Å². The quantitative estimate of drug-likeness (QED) is 0.454. The third kappa shape index (κ3) is 1.32. The molecule has 2 rings (SSSR count). The maximum atomic E-state index is 11.5. The van der Waals surface area contributed by atoms with Gasteiger partial charge in [-0.25, -0.2) is 0 Å². The van der Waals surface area contributed by atoms with Crippen LogP contribution in [-0.2, 0) is 14.3 Å². The van der Waals surface area contributed by atoms with Crippen molar-refractivity contribution in [2.75, 3.05) is 6.73 Å². The van der Waals surface area contributed by atoms with Crippen LogP contribution in [0.5, 0.6) is 0 Å². The lowest BCUT2D eigenvalue weighted by atomic mass is 10.1. The highest BCUT2D eigenvalue weighted by Crippen LogP contribution is 2.32. The first-order valence-corrected chi connectivity index (χ1v) is 4.30. The van der Waals surface area contributed by atoms with Gasteiger partial charge < -0.3 is 9.64 Å². The monoisotopic (exact) mass is 181 g/mol. The number of amides is 1. The number of rotatable bonds is 2. The summed E-state index contributed by atoms with van der Waals surface area (Å²) in [6.45, 7) is 1.44. The zero-order valence-corrected chi connectivity index (χ0v) is 7.40. The third-order valence-corrected chi connectivity index (χ3v) is 2.47. The van der Waals surface area contributed by atoms with E-state index in [2.05, 4.69) is 0 Å². The fourth-order valence-corrected chi connectivity index (χ4v) is 1.79. The first-order chi connectivity index (χ1) is 6.18. The molecule has 0 spiro atoms. The molecule has 2 atom stereocenters. The second-order valence-electron chi connectivity index (χ2n) is 3.37. The Morgan fingerprint density at radius 2 is 2.46 bits per heavy atom. The van der Waals surface area contributed by atoms with Gasteiger partial charge in [-0.3, -0.25) is 9.59 Å². The number of esters is 1. The molecule has 0 unspecified atom stereocenters. The number of carbonyl (C=O) groups excluding carboxylic acids is 2. The maximum Gasteiger partial charge on any atom is 0.304 e. The highest BCUT2D eigenvalue weighted by molar-refractivity contribution is 5.85. The van der Waals surface area contributed by atoms with E-state index in [9.17, 15) is 9.59 Å². The molecule has 1 heterocycles. The van der Waals surface area contributed by atoms with E-state index in [0.717, 1.165) is 6.42 Å². The van der Waals surface area contributed by atoms with E-state index in [4.69, 9.17) is 4.74 Å². The van der Waals surface area contributed by atoms with Gasteiger partial charge in [-0.05, 0) is 6.42 Å². The SMILES string of the molecule is CC(=O)OCN1C(=O)[C@@H]2C=C[C@H]1C2. The van der Waals surface area contributed by atoms with Crippen LogP contribution in [0.3, 0.4) is 0 Å². The Bertz CT molecular complexity index is 285. The molecule has 4 heteroatoms. The Morgan fingerprint density at radius 1 is 1.69 bits per heavy atom. The Hall–Kier alpha value is -1.32. The molecule has 0 saturated carbocycles. The molecule has 1 fully saturated rings. The third-order valence-electron chi connectivity index (χ3n) is 2.47. The summed E-state index contributed by atoms with van der Waals surface area (Å²) in [7, 11) is 0. The highest BCUT2D eigenvalue weighted by atomic mass is 16.5. The number of fused-ring (bicyclic) bond motifs is 2. The van der Waals surface area contributed by atoms with Gasteiger partial charge in [0.1, 0.15) is 0 Å². The molecule has 2 aliphatic rings. The lowest BCUT2D eigenvalue weighted by Crippen LogP contribution is -2.37. The first kappa shape index (κ1) is 8.29. The van der Waals surface area contributed by atoms with Crippen LogP contribution in [0.25, 0.3) is 0 Å². The molecular formula is C9H11NO3. The Labute approximate surface area is 76.2 Å². The van der Waals surface area contributed by atoms with Crippen LogP contribution < -0.4 is 0 Å². The number of nitrogens with zero attached hydrogens (tertiary/aromatic N) is 1. The minimum atomic E-state index is -0.348. The van der Waals surface area contributed by atoms with Crippen molar-refractivity contribution in [2.45, 2.75) is 19.4 Å². The smallest absolute Gasteiger partial charge is 0.304 e. The summed E-state index contributed by atoms with van der Waals surface area (Å²) in [6, 6.07) is 0.150. The maximum absolute atomic E-state index is 11.5. The zero-order valence-electron chi connectivity index (χ0n) is 7.40. The molecule has 0 aromatic rings. The van der Waals surface area contributed by atoms with E-state index in [1.807, 2.05) is 12.2 Å². The Morgan fingerprint density at radius 3 is 3.00 bits per heavy atom. The molecule has 13 heavy (non-hydrogen) atoms. The lowest BCUT2D eigenvalue weighted by molar-refractivity contribution is -0.150. The van der Waals surface area contributed by atoms with Crippen molar-refractivity contribution in [2.24, 2.45) is 5.92 Å². The topological polar surface area (TPSA) is 46.6 Å². The van der Waals surface area contributed by atoms with Crippen LogP contribution in [0.15, 0.2) is 12.2 Å². The molecule has 1 aliphatic carbocycles. The average Bonchev–Trinajstić information content (AvgIpc) is 2.61. The fraction of sp³-hybridized carbons (Fsp3) is 0.556. The minimum absolute atomic E-state index is 0.0283. The summed E-state index contributed by atoms with van der Waals surface area (Å²) >= 11 is 0. The van der Waals surface area contributed by atoms with E-state index in [1.54, 1.807) is 4.90 Å². The standard InChI is InChI=1S/C9H11NO3/c1-6(11)13-5-10-8-3-2-7(4-8)9(10)12/h2-3,7-8H,4-5H2,1H3/t7-,8+/m1/s1. The summed E-state index contributed by atoms with van der Waals surface area (Å²) in [6.07, 6.45) is 4.77. The van der Waals surface area contributed by atoms with E-state index < -0.39 is 0 Å². The first-order valence-electron chi connectivity index (χ1n) is 4.30. The van der Waals surface area contributed by atoms with Crippen LogP contribution in [0, 0.1) is 5.92 Å². The predicted octanol–water partition coefficient (Wildman–Crippen LogP) is 0.294. The minimum Gasteiger partial charge on any atom is -0.444 e. The summed E-state index contributed by atoms with van der Waals surface area (Å²) in [4.78, 5) is 23.6. The second kappa shape index (κ2) is 2.87. The summed E-state index contributed by atoms with van der Waals surface area (Å²) in [5, 5.41) is 0. The normalized spacial score (nSPS) is 29.9. The largest absolute Gasteiger partial charge is 0.444 e. The van der Waals surface area contributed by atoms with Gasteiger partial charge in [0.05, 0.1) is 12.0 Å². The van der Waals surface area contributed by atoms with E-state index >= 15 is 0 Å². The second-order valence-corrected chi connectivity index (χ2v) is 3.37. The zero-order chi connectivity index (χ0) is 9.42. The number of ether oxygens (including phenoxy) is 1. The van der Waals surface area contributed by atoms with Crippen molar-refractivity contribution in [3.8, 4) is 0 Å². The van der Waals surface area contributed by atoms with Crippen molar-refractivity contribution in [3.63, 3.8) is 0 Å².